The van der Waals surface area contributed by atoms with Gasteiger partial charge in [0, 0.05) is 29.7 Å². The number of hydrogen-bond acceptors (Lipinski definition) is 3. The first-order valence-electron chi connectivity index (χ1n) is 6.40. The molecule has 1 rings (SSSR count). The molecule has 2 N–H and O–H groups in total. The summed E-state index contributed by atoms with van der Waals surface area (Å²) < 4.78 is 0. The fourth-order valence-corrected chi connectivity index (χ4v) is 1.87. The van der Waals surface area contributed by atoms with Crippen LogP contribution in [-0.4, -0.2) is 36.1 Å². The largest absolute Gasteiger partial charge is 0.480 e. The maximum atomic E-state index is 11.6. The second kappa shape index (κ2) is 7.75. The summed E-state index contributed by atoms with van der Waals surface area (Å²) in [5.41, 5.74) is 0.731. The van der Waals surface area contributed by atoms with Crippen molar-refractivity contribution < 1.29 is 14.7 Å². The molecule has 0 radical (unpaired) electrons. The molecule has 0 saturated heterocycles. The van der Waals surface area contributed by atoms with Crippen LogP contribution in [0.3, 0.4) is 0 Å². The molecule has 5 nitrogen and oxygen atoms in total. The number of amides is 1. The third-order valence-electron chi connectivity index (χ3n) is 2.58. The van der Waals surface area contributed by atoms with Crippen LogP contribution in [0.25, 0.3) is 0 Å². The standard InChI is InChI=1S/C14H19ClN2O3/c1-10(2)16-13(18)7-8-17(9-14(19)20)12-5-3-11(15)4-6-12/h3-6,10H,7-9H2,1-2H3,(H,16,18)(H,19,20). The van der Waals surface area contributed by atoms with Gasteiger partial charge >= 0.3 is 5.97 Å². The Morgan fingerprint density at radius 3 is 2.40 bits per heavy atom. The number of carboxylic acids is 1. The highest BCUT2D eigenvalue weighted by atomic mass is 35.5. The number of hydrogen-bond donors (Lipinski definition) is 2. The van der Waals surface area contributed by atoms with Gasteiger partial charge in [0.05, 0.1) is 0 Å². The highest BCUT2D eigenvalue weighted by Crippen LogP contribution is 2.18. The van der Waals surface area contributed by atoms with E-state index in [9.17, 15) is 9.59 Å². The second-order valence-electron chi connectivity index (χ2n) is 4.76. The number of nitrogens with one attached hydrogen (secondary N) is 1. The number of rotatable bonds is 7. The maximum absolute atomic E-state index is 11.6. The van der Waals surface area contributed by atoms with Gasteiger partial charge in [0.2, 0.25) is 5.91 Å². The molecule has 1 aromatic carbocycles. The molecule has 1 aromatic rings. The molecule has 0 aromatic heterocycles. The average Bonchev–Trinajstić information content (AvgIpc) is 2.34. The first-order chi connectivity index (χ1) is 9.38. The highest BCUT2D eigenvalue weighted by molar-refractivity contribution is 6.30. The van der Waals surface area contributed by atoms with Gasteiger partial charge in [-0.05, 0) is 38.1 Å². The van der Waals surface area contributed by atoms with Crippen LogP contribution >= 0.6 is 11.6 Å². The lowest BCUT2D eigenvalue weighted by molar-refractivity contribution is -0.135. The summed E-state index contributed by atoms with van der Waals surface area (Å²) in [7, 11) is 0. The summed E-state index contributed by atoms with van der Waals surface area (Å²) in [4.78, 5) is 24.2. The van der Waals surface area contributed by atoms with E-state index in [1.807, 2.05) is 13.8 Å². The minimum Gasteiger partial charge on any atom is -0.480 e. The first-order valence-corrected chi connectivity index (χ1v) is 6.78. The van der Waals surface area contributed by atoms with Crippen molar-refractivity contribution in [3.8, 4) is 0 Å². The molecule has 1 amide bonds. The van der Waals surface area contributed by atoms with Crippen molar-refractivity contribution in [3.05, 3.63) is 29.3 Å². The number of halogens is 1. The quantitative estimate of drug-likeness (QED) is 0.809. The Labute approximate surface area is 123 Å². The summed E-state index contributed by atoms with van der Waals surface area (Å²) in [5.74, 6) is -1.03. The summed E-state index contributed by atoms with van der Waals surface area (Å²) in [6.07, 6.45) is 0.244. The van der Waals surface area contributed by atoms with Crippen LogP contribution in [0.15, 0.2) is 24.3 Å². The molecule has 0 unspecified atom stereocenters. The van der Waals surface area contributed by atoms with Crippen molar-refractivity contribution in [1.29, 1.82) is 0 Å². The minimum atomic E-state index is -0.941. The zero-order valence-electron chi connectivity index (χ0n) is 11.6. The third-order valence-corrected chi connectivity index (χ3v) is 2.83. The highest BCUT2D eigenvalue weighted by Gasteiger charge is 2.13. The monoisotopic (exact) mass is 298 g/mol. The van der Waals surface area contributed by atoms with Crippen molar-refractivity contribution in [2.75, 3.05) is 18.0 Å². The minimum absolute atomic E-state index is 0.0750. The molecule has 0 atom stereocenters. The molecule has 0 aliphatic carbocycles. The van der Waals surface area contributed by atoms with Gasteiger partial charge in [0.15, 0.2) is 0 Å². The van der Waals surface area contributed by atoms with Crippen LogP contribution in [0, 0.1) is 0 Å². The Bertz CT molecular complexity index is 460. The lowest BCUT2D eigenvalue weighted by Gasteiger charge is -2.23. The van der Waals surface area contributed by atoms with Crippen molar-refractivity contribution >= 4 is 29.2 Å². The zero-order valence-corrected chi connectivity index (χ0v) is 12.4. The number of carbonyl (C=O) groups excluding carboxylic acids is 1. The molecule has 0 aliphatic heterocycles. The molecule has 110 valence electrons. The van der Waals surface area contributed by atoms with Gasteiger partial charge in [-0.1, -0.05) is 11.6 Å². The number of benzene rings is 1. The van der Waals surface area contributed by atoms with Crippen LogP contribution < -0.4 is 10.2 Å². The van der Waals surface area contributed by atoms with Crippen molar-refractivity contribution in [3.63, 3.8) is 0 Å². The van der Waals surface area contributed by atoms with Crippen LogP contribution in [0.5, 0.6) is 0 Å². The fourth-order valence-electron chi connectivity index (χ4n) is 1.75. The SMILES string of the molecule is CC(C)NC(=O)CCN(CC(=O)O)c1ccc(Cl)cc1. The number of carbonyl (C=O) groups is 2. The van der Waals surface area contributed by atoms with Gasteiger partial charge in [0.1, 0.15) is 6.54 Å². The van der Waals surface area contributed by atoms with E-state index < -0.39 is 5.97 Å². The van der Waals surface area contributed by atoms with Crippen LogP contribution in [0.4, 0.5) is 5.69 Å². The van der Waals surface area contributed by atoms with E-state index >= 15 is 0 Å². The molecule has 6 heteroatoms. The molecule has 0 fully saturated rings. The number of anilines is 1. The van der Waals surface area contributed by atoms with Gasteiger partial charge in [-0.3, -0.25) is 9.59 Å². The van der Waals surface area contributed by atoms with E-state index in [0.29, 0.717) is 11.6 Å². The number of nitrogens with zero attached hydrogens (tertiary/aromatic N) is 1. The smallest absolute Gasteiger partial charge is 0.323 e. The van der Waals surface area contributed by atoms with Crippen LogP contribution in [0.2, 0.25) is 5.02 Å². The molecule has 0 heterocycles. The molecule has 20 heavy (non-hydrogen) atoms. The van der Waals surface area contributed by atoms with E-state index in [2.05, 4.69) is 5.32 Å². The second-order valence-corrected chi connectivity index (χ2v) is 5.20. The van der Waals surface area contributed by atoms with E-state index in [0.717, 1.165) is 5.69 Å². The zero-order chi connectivity index (χ0) is 15.1. The summed E-state index contributed by atoms with van der Waals surface area (Å²) in [6, 6.07) is 6.95. The van der Waals surface area contributed by atoms with E-state index in [1.54, 1.807) is 29.2 Å². The maximum Gasteiger partial charge on any atom is 0.323 e. The van der Waals surface area contributed by atoms with Gasteiger partial charge < -0.3 is 15.3 Å². The lowest BCUT2D eigenvalue weighted by Crippen LogP contribution is -2.36. The summed E-state index contributed by atoms with van der Waals surface area (Å²) >= 11 is 5.81. The number of aliphatic carboxylic acids is 1. The van der Waals surface area contributed by atoms with Crippen molar-refractivity contribution in [2.24, 2.45) is 0 Å². The van der Waals surface area contributed by atoms with E-state index in [4.69, 9.17) is 16.7 Å². The molecule has 0 aliphatic rings. The Hall–Kier alpha value is -1.75. The Morgan fingerprint density at radius 1 is 1.30 bits per heavy atom. The summed E-state index contributed by atoms with van der Waals surface area (Å²) in [6.45, 7) is 3.95. The number of carboxylic acid groups (broad SMARTS) is 1. The van der Waals surface area contributed by atoms with E-state index in [-0.39, 0.29) is 24.9 Å². The molecule has 0 saturated carbocycles. The first kappa shape index (κ1) is 16.3. The van der Waals surface area contributed by atoms with Crippen LogP contribution in [-0.2, 0) is 9.59 Å². The average molecular weight is 299 g/mol. The predicted molar refractivity (Wildman–Crippen MR) is 79.2 cm³/mol. The Balaban J connectivity index is 2.67. The van der Waals surface area contributed by atoms with Crippen molar-refractivity contribution in [1.82, 2.24) is 5.32 Å². The van der Waals surface area contributed by atoms with Crippen LogP contribution in [0.1, 0.15) is 20.3 Å². The topological polar surface area (TPSA) is 69.6 Å². The Kier molecular flexibility index (Phi) is 6.31. The normalized spacial score (nSPS) is 10.4. The fraction of sp³-hybridized carbons (Fsp3) is 0.429. The molecule has 0 bridgehead atoms. The van der Waals surface area contributed by atoms with Gasteiger partial charge in [-0.2, -0.15) is 0 Å². The van der Waals surface area contributed by atoms with Crippen molar-refractivity contribution in [2.45, 2.75) is 26.3 Å². The van der Waals surface area contributed by atoms with Gasteiger partial charge in [0.25, 0.3) is 0 Å². The molecular weight excluding hydrogens is 280 g/mol. The predicted octanol–water partition coefficient (Wildman–Crippen LogP) is 2.15. The lowest BCUT2D eigenvalue weighted by atomic mass is 10.2. The van der Waals surface area contributed by atoms with Gasteiger partial charge in [-0.15, -0.1) is 0 Å². The third kappa shape index (κ3) is 5.93. The summed E-state index contributed by atoms with van der Waals surface area (Å²) in [5, 5.41) is 12.3. The van der Waals surface area contributed by atoms with E-state index in [1.165, 1.54) is 0 Å². The molecular formula is C14H19ClN2O3. The molecule has 0 spiro atoms. The Morgan fingerprint density at radius 2 is 1.90 bits per heavy atom. The van der Waals surface area contributed by atoms with Gasteiger partial charge in [-0.25, -0.2) is 0 Å².